The van der Waals surface area contributed by atoms with Crippen LogP contribution in [0.25, 0.3) is 6.08 Å². The Bertz CT molecular complexity index is 2130. The van der Waals surface area contributed by atoms with E-state index in [0.29, 0.717) is 55.0 Å². The Morgan fingerprint density at radius 2 is 1.64 bits per heavy atom. The number of benzene rings is 4. The molecule has 0 unspecified atom stereocenters. The number of nitrogens with one attached hydrogen (secondary N) is 1. The fourth-order valence-corrected chi connectivity index (χ4v) is 6.66. The Kier molecular flexibility index (Phi) is 9.56. The number of thiazole rings is 1. The van der Waals surface area contributed by atoms with Gasteiger partial charge in [0.05, 0.1) is 34.0 Å². The van der Waals surface area contributed by atoms with Crippen LogP contribution in [0.2, 0.25) is 5.02 Å². The first-order valence-corrected chi connectivity index (χ1v) is 16.2. The molecule has 238 valence electrons. The summed E-state index contributed by atoms with van der Waals surface area (Å²) in [6.45, 7) is 4.38. The number of nitrogens with zero attached hydrogens (tertiary/aromatic N) is 2. The zero-order valence-corrected chi connectivity index (χ0v) is 27.6. The van der Waals surface area contributed by atoms with E-state index in [9.17, 15) is 9.59 Å². The predicted molar refractivity (Wildman–Crippen MR) is 185 cm³/mol. The number of hydrogen-bond acceptors (Lipinski definition) is 7. The molecule has 0 fully saturated rings. The van der Waals surface area contributed by atoms with Gasteiger partial charge < -0.3 is 19.5 Å². The van der Waals surface area contributed by atoms with Gasteiger partial charge in [-0.3, -0.25) is 14.2 Å². The maximum absolute atomic E-state index is 14.1. The number of ether oxygens (including phenoxy) is 3. The molecule has 1 aliphatic rings. The fourth-order valence-electron chi connectivity index (χ4n) is 5.33. The Morgan fingerprint density at radius 3 is 2.34 bits per heavy atom. The van der Waals surface area contributed by atoms with Gasteiger partial charge in [-0.1, -0.05) is 89.2 Å². The van der Waals surface area contributed by atoms with Gasteiger partial charge in [0.2, 0.25) is 0 Å². The summed E-state index contributed by atoms with van der Waals surface area (Å²) in [6.07, 6.45) is 1.74. The molecular formula is C37H32ClN3O5S. The Balaban J connectivity index is 1.31. The lowest BCUT2D eigenvalue weighted by Gasteiger charge is -2.25. The maximum atomic E-state index is 14.1. The molecule has 5 aromatic rings. The van der Waals surface area contributed by atoms with E-state index < -0.39 is 6.04 Å². The lowest BCUT2D eigenvalue weighted by atomic mass is 9.95. The number of methoxy groups -OCH3 is 1. The number of carbonyl (C=O) groups is 1. The molecule has 0 spiro atoms. The molecule has 0 aliphatic carbocycles. The van der Waals surface area contributed by atoms with Gasteiger partial charge in [0.25, 0.3) is 11.5 Å². The van der Waals surface area contributed by atoms with Crippen molar-refractivity contribution in [1.82, 2.24) is 4.57 Å². The highest BCUT2D eigenvalue weighted by atomic mass is 35.5. The molecule has 4 aromatic carbocycles. The van der Waals surface area contributed by atoms with Crippen molar-refractivity contribution in [2.75, 3.05) is 25.6 Å². The van der Waals surface area contributed by atoms with Gasteiger partial charge in [0, 0.05) is 5.69 Å². The molecule has 6 rings (SSSR count). The number of aryl methyl sites for hydroxylation is 1. The van der Waals surface area contributed by atoms with Gasteiger partial charge in [0.1, 0.15) is 19.0 Å². The number of anilines is 1. The molecule has 1 aromatic heterocycles. The Morgan fingerprint density at radius 1 is 0.957 bits per heavy atom. The van der Waals surface area contributed by atoms with Crippen LogP contribution >= 0.6 is 22.9 Å². The number of para-hydroxylation sites is 1. The molecule has 1 atom stereocenters. The van der Waals surface area contributed by atoms with Crippen molar-refractivity contribution < 1.29 is 19.0 Å². The van der Waals surface area contributed by atoms with Gasteiger partial charge in [-0.2, -0.15) is 0 Å². The summed E-state index contributed by atoms with van der Waals surface area (Å²) in [5, 5.41) is 3.30. The normalized spacial score (nSPS) is 14.3. The van der Waals surface area contributed by atoms with Crippen LogP contribution in [0.5, 0.6) is 17.2 Å². The summed E-state index contributed by atoms with van der Waals surface area (Å²) in [7, 11) is 1.53. The smallest absolute Gasteiger partial charge is 0.271 e. The van der Waals surface area contributed by atoms with E-state index >= 15 is 0 Å². The minimum absolute atomic E-state index is 0.251. The summed E-state index contributed by atoms with van der Waals surface area (Å²) in [5.74, 6) is 1.23. The molecular weight excluding hydrogens is 634 g/mol. The topological polar surface area (TPSA) is 91.2 Å². The van der Waals surface area contributed by atoms with Crippen LogP contribution in [0.15, 0.2) is 118 Å². The minimum Gasteiger partial charge on any atom is -0.493 e. The van der Waals surface area contributed by atoms with E-state index in [4.69, 9.17) is 30.8 Å². The number of hydrogen-bond donors (Lipinski definition) is 1. The van der Waals surface area contributed by atoms with Crippen molar-refractivity contribution in [2.45, 2.75) is 19.9 Å². The van der Waals surface area contributed by atoms with Crippen molar-refractivity contribution in [3.8, 4) is 17.2 Å². The van der Waals surface area contributed by atoms with Crippen LogP contribution in [-0.2, 0) is 4.79 Å². The fraction of sp³-hybridized carbons (Fsp3) is 0.162. The third kappa shape index (κ3) is 7.01. The third-order valence-corrected chi connectivity index (χ3v) is 8.85. The highest BCUT2D eigenvalue weighted by molar-refractivity contribution is 7.07. The average Bonchev–Trinajstić information content (AvgIpc) is 3.38. The molecule has 47 heavy (non-hydrogen) atoms. The van der Waals surface area contributed by atoms with E-state index in [-0.39, 0.29) is 18.1 Å². The maximum Gasteiger partial charge on any atom is 0.271 e. The van der Waals surface area contributed by atoms with Crippen LogP contribution in [0.1, 0.15) is 29.7 Å². The van der Waals surface area contributed by atoms with E-state index in [2.05, 4.69) is 5.32 Å². The summed E-state index contributed by atoms with van der Waals surface area (Å²) in [6, 6.07) is 29.3. The summed E-state index contributed by atoms with van der Waals surface area (Å²) in [5.41, 5.74) is 3.91. The Hall–Kier alpha value is -5.12. The highest BCUT2D eigenvalue weighted by Crippen LogP contribution is 2.37. The minimum atomic E-state index is -0.672. The molecule has 8 nitrogen and oxygen atoms in total. The van der Waals surface area contributed by atoms with Crippen LogP contribution in [0.3, 0.4) is 0 Å². The average molecular weight is 666 g/mol. The second-order valence-electron chi connectivity index (χ2n) is 10.9. The number of aromatic nitrogens is 1. The quantitative estimate of drug-likeness (QED) is 0.177. The van der Waals surface area contributed by atoms with E-state index in [1.165, 1.54) is 18.4 Å². The standard InChI is InChI=1S/C37H32ClN3O5S/c1-23-14-16-28(17-15-23)45-18-19-46-34-29(38)20-25(21-30(34)44-3)22-31-36(43)41-33(26-10-6-4-7-11-26)32(24(2)39-37(41)47-31)35(42)40-27-12-8-5-9-13-27/h4-17,20-22,33H,18-19H2,1-3H3,(H,40,42)/b31-22-/t33-/m0/s1. The second kappa shape index (κ2) is 14.1. The van der Waals surface area contributed by atoms with Crippen molar-refractivity contribution in [1.29, 1.82) is 0 Å². The largest absolute Gasteiger partial charge is 0.493 e. The zero-order chi connectivity index (χ0) is 32.9. The number of amides is 1. The van der Waals surface area contributed by atoms with Crippen LogP contribution in [0, 0.1) is 6.92 Å². The first-order valence-electron chi connectivity index (χ1n) is 15.0. The van der Waals surface area contributed by atoms with Crippen LogP contribution in [0.4, 0.5) is 5.69 Å². The number of halogens is 1. The van der Waals surface area contributed by atoms with Gasteiger partial charge in [-0.15, -0.1) is 0 Å². The highest BCUT2D eigenvalue weighted by Gasteiger charge is 2.32. The van der Waals surface area contributed by atoms with Crippen LogP contribution < -0.4 is 34.4 Å². The van der Waals surface area contributed by atoms with Gasteiger partial charge in [-0.05, 0) is 67.4 Å². The van der Waals surface area contributed by atoms with E-state index in [0.717, 1.165) is 16.9 Å². The van der Waals surface area contributed by atoms with Crippen molar-refractivity contribution in [3.63, 3.8) is 0 Å². The monoisotopic (exact) mass is 665 g/mol. The van der Waals surface area contributed by atoms with E-state index in [1.807, 2.05) is 91.9 Å². The van der Waals surface area contributed by atoms with E-state index in [1.54, 1.807) is 29.7 Å². The summed E-state index contributed by atoms with van der Waals surface area (Å²) in [4.78, 5) is 33.0. The first-order chi connectivity index (χ1) is 22.8. The molecule has 1 amide bonds. The second-order valence-corrected chi connectivity index (χ2v) is 12.3. The molecule has 0 saturated heterocycles. The Labute approximate surface area is 280 Å². The summed E-state index contributed by atoms with van der Waals surface area (Å²) >= 11 is 7.91. The molecule has 1 N–H and O–H groups in total. The molecule has 2 heterocycles. The first kappa shape index (κ1) is 31.8. The van der Waals surface area contributed by atoms with Gasteiger partial charge in [0.15, 0.2) is 16.3 Å². The number of rotatable bonds is 10. The lowest BCUT2D eigenvalue weighted by molar-refractivity contribution is -0.113. The lowest BCUT2D eigenvalue weighted by Crippen LogP contribution is -2.40. The SMILES string of the molecule is COc1cc(/C=c2\sc3n(c2=O)[C@@H](c2ccccc2)C(C(=O)Nc2ccccc2)=C(C)N=3)cc(Cl)c1OCCOc1ccc(C)cc1. The number of fused-ring (bicyclic) bond motifs is 1. The molecule has 0 radical (unpaired) electrons. The predicted octanol–water partition coefficient (Wildman–Crippen LogP) is 6.30. The van der Waals surface area contributed by atoms with Gasteiger partial charge >= 0.3 is 0 Å². The molecule has 0 bridgehead atoms. The van der Waals surface area contributed by atoms with Crippen molar-refractivity contribution in [3.05, 3.63) is 150 Å². The van der Waals surface area contributed by atoms with Crippen LogP contribution in [-0.4, -0.2) is 30.8 Å². The third-order valence-electron chi connectivity index (χ3n) is 7.58. The van der Waals surface area contributed by atoms with Crippen molar-refractivity contribution >= 4 is 40.6 Å². The molecule has 1 aliphatic heterocycles. The molecule has 0 saturated carbocycles. The molecule has 10 heteroatoms. The van der Waals surface area contributed by atoms with Crippen molar-refractivity contribution in [2.24, 2.45) is 4.99 Å². The number of allylic oxidation sites excluding steroid dienone is 1. The van der Waals surface area contributed by atoms with Gasteiger partial charge in [-0.25, -0.2) is 4.99 Å². The zero-order valence-electron chi connectivity index (χ0n) is 26.0. The number of carbonyl (C=O) groups excluding carboxylic acids is 1. The summed E-state index contributed by atoms with van der Waals surface area (Å²) < 4.78 is 19.3.